The molecule has 26 heavy (non-hydrogen) atoms. The second-order valence-electron chi connectivity index (χ2n) is 5.29. The molecule has 5 nitrogen and oxygen atoms in total. The van der Waals surface area contributed by atoms with Gasteiger partial charge in [-0.25, -0.2) is 0 Å². The fourth-order valence-corrected chi connectivity index (χ4v) is 2.06. The fraction of sp³-hybridized carbons (Fsp3) is 0.222. The van der Waals surface area contributed by atoms with Crippen LogP contribution in [0.2, 0.25) is 0 Å². The van der Waals surface area contributed by atoms with E-state index in [1.807, 2.05) is 6.92 Å². The van der Waals surface area contributed by atoms with Gasteiger partial charge in [-0.3, -0.25) is 9.59 Å². The molecule has 0 fully saturated rings. The quantitative estimate of drug-likeness (QED) is 0.820. The van der Waals surface area contributed by atoms with Crippen LogP contribution in [0.1, 0.15) is 27.6 Å². The minimum Gasteiger partial charge on any atom is -0.494 e. The van der Waals surface area contributed by atoms with Crippen LogP contribution in [0, 0.1) is 0 Å². The van der Waals surface area contributed by atoms with Crippen molar-refractivity contribution in [3.8, 4) is 5.75 Å². The Bertz CT molecular complexity index is 757. The molecule has 0 saturated carbocycles. The van der Waals surface area contributed by atoms with Gasteiger partial charge < -0.3 is 15.4 Å². The predicted octanol–water partition coefficient (Wildman–Crippen LogP) is 3.63. The lowest BCUT2D eigenvalue weighted by Gasteiger charge is -2.09. The summed E-state index contributed by atoms with van der Waals surface area (Å²) in [5, 5.41) is 4.42. The lowest BCUT2D eigenvalue weighted by Crippen LogP contribution is -2.33. The van der Waals surface area contributed by atoms with Gasteiger partial charge >= 0.3 is 6.18 Å². The Balaban J connectivity index is 1.95. The van der Waals surface area contributed by atoms with E-state index in [-0.39, 0.29) is 11.5 Å². The van der Waals surface area contributed by atoms with Gasteiger partial charge in [-0.2, -0.15) is 13.2 Å². The normalized spacial score (nSPS) is 10.9. The van der Waals surface area contributed by atoms with E-state index in [2.05, 4.69) is 5.32 Å². The Morgan fingerprint density at radius 2 is 1.46 bits per heavy atom. The number of alkyl halides is 3. The zero-order valence-electron chi connectivity index (χ0n) is 13.9. The molecule has 0 saturated heterocycles. The number of carbonyl (C=O) groups excluding carboxylic acids is 2. The number of carbonyl (C=O) groups is 2. The number of hydrogen-bond donors (Lipinski definition) is 2. The topological polar surface area (TPSA) is 67.4 Å². The van der Waals surface area contributed by atoms with Gasteiger partial charge in [0.1, 0.15) is 12.3 Å². The third-order valence-electron chi connectivity index (χ3n) is 3.28. The van der Waals surface area contributed by atoms with E-state index < -0.39 is 18.6 Å². The number of anilines is 1. The molecule has 2 rings (SSSR count). The van der Waals surface area contributed by atoms with Crippen molar-refractivity contribution in [2.24, 2.45) is 0 Å². The zero-order chi connectivity index (χ0) is 19.2. The van der Waals surface area contributed by atoms with Gasteiger partial charge in [0.25, 0.3) is 11.8 Å². The molecule has 2 aromatic carbocycles. The van der Waals surface area contributed by atoms with Gasteiger partial charge in [-0.1, -0.05) is 0 Å². The second-order valence-corrected chi connectivity index (χ2v) is 5.29. The molecule has 0 heterocycles. The minimum absolute atomic E-state index is 0.0633. The average molecular weight is 366 g/mol. The van der Waals surface area contributed by atoms with Crippen LogP contribution in [0.4, 0.5) is 18.9 Å². The Labute approximate surface area is 148 Å². The summed E-state index contributed by atoms with van der Waals surface area (Å²) in [6.45, 7) is 0.976. The molecule has 0 radical (unpaired) electrons. The maximum absolute atomic E-state index is 12.2. The third-order valence-corrected chi connectivity index (χ3v) is 3.28. The minimum atomic E-state index is -4.47. The van der Waals surface area contributed by atoms with Crippen LogP contribution in [-0.4, -0.2) is 31.1 Å². The maximum atomic E-state index is 12.2. The van der Waals surface area contributed by atoms with Crippen molar-refractivity contribution >= 4 is 17.5 Å². The highest BCUT2D eigenvalue weighted by Crippen LogP contribution is 2.16. The van der Waals surface area contributed by atoms with Gasteiger partial charge in [-0.05, 0) is 55.5 Å². The van der Waals surface area contributed by atoms with Gasteiger partial charge in [-0.15, -0.1) is 0 Å². The fourth-order valence-electron chi connectivity index (χ4n) is 2.06. The first-order chi connectivity index (χ1) is 12.3. The van der Waals surface area contributed by atoms with Gasteiger partial charge in [0.15, 0.2) is 0 Å². The van der Waals surface area contributed by atoms with Crippen molar-refractivity contribution < 1.29 is 27.5 Å². The summed E-state index contributed by atoms with van der Waals surface area (Å²) in [5.41, 5.74) is 0.894. The summed E-state index contributed by atoms with van der Waals surface area (Å²) in [6.07, 6.45) is -4.47. The molecule has 2 aromatic rings. The highest BCUT2D eigenvalue weighted by atomic mass is 19.4. The number of nitrogens with one attached hydrogen (secondary N) is 2. The number of amides is 2. The van der Waals surface area contributed by atoms with Crippen molar-refractivity contribution in [3.05, 3.63) is 59.7 Å². The van der Waals surface area contributed by atoms with E-state index >= 15 is 0 Å². The van der Waals surface area contributed by atoms with Gasteiger partial charge in [0.2, 0.25) is 0 Å². The first kappa shape index (κ1) is 19.3. The Kier molecular flexibility index (Phi) is 6.21. The van der Waals surface area contributed by atoms with Crippen molar-refractivity contribution in [1.82, 2.24) is 5.32 Å². The average Bonchev–Trinajstić information content (AvgIpc) is 2.60. The van der Waals surface area contributed by atoms with E-state index in [1.165, 1.54) is 24.3 Å². The molecule has 0 aromatic heterocycles. The summed E-state index contributed by atoms with van der Waals surface area (Å²) in [7, 11) is 0. The summed E-state index contributed by atoms with van der Waals surface area (Å²) in [4.78, 5) is 23.8. The largest absolute Gasteiger partial charge is 0.494 e. The molecule has 0 atom stereocenters. The highest BCUT2D eigenvalue weighted by Gasteiger charge is 2.27. The Morgan fingerprint density at radius 1 is 0.923 bits per heavy atom. The first-order valence-corrected chi connectivity index (χ1v) is 7.77. The van der Waals surface area contributed by atoms with Crippen LogP contribution in [0.5, 0.6) is 5.75 Å². The lowest BCUT2D eigenvalue weighted by molar-refractivity contribution is -0.123. The molecule has 0 aliphatic rings. The molecule has 2 amide bonds. The predicted molar refractivity (Wildman–Crippen MR) is 90.4 cm³/mol. The molecule has 0 spiro atoms. The molecule has 0 unspecified atom stereocenters. The molecule has 138 valence electrons. The lowest BCUT2D eigenvalue weighted by atomic mass is 10.1. The molecule has 0 bridgehead atoms. The Hall–Kier alpha value is -3.03. The standard InChI is InChI=1S/C18H17F3N2O3/c1-2-26-15-9-5-13(6-10-15)17(25)23-14-7-3-12(4-8-14)16(24)22-11-18(19,20)21/h3-10H,2,11H2,1H3,(H,22,24)(H,23,25). The van der Waals surface area contributed by atoms with Crippen molar-refractivity contribution in [2.75, 3.05) is 18.5 Å². The Morgan fingerprint density at radius 3 is 2.00 bits per heavy atom. The zero-order valence-corrected chi connectivity index (χ0v) is 13.9. The smallest absolute Gasteiger partial charge is 0.405 e. The molecular formula is C18H17F3N2O3. The van der Waals surface area contributed by atoms with Gasteiger partial charge in [0, 0.05) is 16.8 Å². The second kappa shape index (κ2) is 8.37. The third kappa shape index (κ3) is 5.80. The van der Waals surface area contributed by atoms with Crippen LogP contribution in [0.3, 0.4) is 0 Å². The van der Waals surface area contributed by atoms with Crippen LogP contribution in [0.15, 0.2) is 48.5 Å². The van der Waals surface area contributed by atoms with E-state index in [9.17, 15) is 22.8 Å². The monoisotopic (exact) mass is 366 g/mol. The van der Waals surface area contributed by atoms with Crippen LogP contribution in [0.25, 0.3) is 0 Å². The summed E-state index contributed by atoms with van der Waals surface area (Å²) >= 11 is 0. The number of benzene rings is 2. The molecule has 2 N–H and O–H groups in total. The highest BCUT2D eigenvalue weighted by molar-refractivity contribution is 6.04. The van der Waals surface area contributed by atoms with E-state index in [4.69, 9.17) is 4.74 Å². The van der Waals surface area contributed by atoms with Crippen LogP contribution in [-0.2, 0) is 0 Å². The first-order valence-electron chi connectivity index (χ1n) is 7.77. The molecule has 0 aliphatic carbocycles. The summed E-state index contributed by atoms with van der Waals surface area (Å²) in [5.74, 6) is -0.549. The molecule has 0 aliphatic heterocycles. The number of rotatable bonds is 6. The maximum Gasteiger partial charge on any atom is 0.405 e. The molecule has 8 heteroatoms. The van der Waals surface area contributed by atoms with Crippen molar-refractivity contribution in [2.45, 2.75) is 13.1 Å². The summed E-state index contributed by atoms with van der Waals surface area (Å²) < 4.78 is 41.6. The van der Waals surface area contributed by atoms with Crippen LogP contribution < -0.4 is 15.4 Å². The number of ether oxygens (including phenoxy) is 1. The number of hydrogen-bond acceptors (Lipinski definition) is 3. The van der Waals surface area contributed by atoms with E-state index in [0.29, 0.717) is 23.6 Å². The van der Waals surface area contributed by atoms with Crippen molar-refractivity contribution in [3.63, 3.8) is 0 Å². The van der Waals surface area contributed by atoms with Crippen LogP contribution >= 0.6 is 0 Å². The van der Waals surface area contributed by atoms with Crippen molar-refractivity contribution in [1.29, 1.82) is 0 Å². The van der Waals surface area contributed by atoms with E-state index in [1.54, 1.807) is 29.6 Å². The van der Waals surface area contributed by atoms with Gasteiger partial charge in [0.05, 0.1) is 6.61 Å². The summed E-state index contributed by atoms with van der Waals surface area (Å²) in [6, 6.07) is 12.1. The van der Waals surface area contributed by atoms with E-state index in [0.717, 1.165) is 0 Å². The number of halogens is 3. The molecular weight excluding hydrogens is 349 g/mol. The SMILES string of the molecule is CCOc1ccc(C(=O)Nc2ccc(C(=O)NCC(F)(F)F)cc2)cc1.